The van der Waals surface area contributed by atoms with Crippen molar-refractivity contribution in [2.24, 2.45) is 0 Å². The molecular weight excluding hydrogens is 503 g/mol. The van der Waals surface area contributed by atoms with Crippen molar-refractivity contribution in [3.8, 4) is 0 Å². The molecule has 0 saturated heterocycles. The maximum absolute atomic E-state index is 13.5. The number of nitrogens with zero attached hydrogens (tertiary/aromatic N) is 3. The Bertz CT molecular complexity index is 1530. The van der Waals surface area contributed by atoms with Crippen LogP contribution in [0.15, 0.2) is 77.8 Å². The highest BCUT2D eigenvalue weighted by atomic mass is 32.2. The Morgan fingerprint density at radius 1 is 1.08 bits per heavy atom. The van der Waals surface area contributed by atoms with E-state index in [-0.39, 0.29) is 35.0 Å². The molecule has 0 unspecified atom stereocenters. The largest absolute Gasteiger partial charge is 0.355 e. The molecule has 200 valence electrons. The molecule has 7 nitrogen and oxygen atoms in total. The number of amides is 1. The quantitative estimate of drug-likeness (QED) is 0.323. The topological polar surface area (TPSA) is 84.3 Å². The number of hydrogen-bond donors (Lipinski definition) is 1. The molecule has 4 rings (SSSR count). The molecule has 0 aliphatic heterocycles. The van der Waals surface area contributed by atoms with Crippen LogP contribution in [0.2, 0.25) is 0 Å². The van der Waals surface area contributed by atoms with Gasteiger partial charge in [0.15, 0.2) is 0 Å². The monoisotopic (exact) mass is 536 g/mol. The Morgan fingerprint density at radius 2 is 1.82 bits per heavy atom. The van der Waals surface area contributed by atoms with Gasteiger partial charge in [0.2, 0.25) is 5.91 Å². The Hall–Kier alpha value is -3.56. The fourth-order valence-corrected chi connectivity index (χ4v) is 5.69. The lowest BCUT2D eigenvalue weighted by Gasteiger charge is -2.25. The third-order valence-electron chi connectivity index (χ3n) is 6.79. The third kappa shape index (κ3) is 6.28. The highest BCUT2D eigenvalue weighted by Gasteiger charge is 2.21. The van der Waals surface area contributed by atoms with Crippen molar-refractivity contribution in [3.05, 3.63) is 95.4 Å². The lowest BCUT2D eigenvalue weighted by atomic mass is 9.97. The van der Waals surface area contributed by atoms with Crippen LogP contribution >= 0.6 is 0 Å². The summed E-state index contributed by atoms with van der Waals surface area (Å²) in [6.07, 6.45) is 2.48. The second-order valence-corrected chi connectivity index (χ2v) is 11.8. The highest BCUT2D eigenvalue weighted by molar-refractivity contribution is 7.90. The van der Waals surface area contributed by atoms with E-state index in [9.17, 15) is 17.6 Å². The Labute approximate surface area is 223 Å². The smallest absolute Gasteiger partial charge is 0.283 e. The van der Waals surface area contributed by atoms with Gasteiger partial charge in [0.25, 0.3) is 10.0 Å². The zero-order valence-electron chi connectivity index (χ0n) is 22.1. The number of aryl methyl sites for hydroxylation is 1. The molecule has 2 atom stereocenters. The maximum Gasteiger partial charge on any atom is 0.283 e. The van der Waals surface area contributed by atoms with E-state index in [0.29, 0.717) is 18.5 Å². The summed E-state index contributed by atoms with van der Waals surface area (Å²) in [7, 11) is 0.100. The van der Waals surface area contributed by atoms with E-state index in [2.05, 4.69) is 10.4 Å². The standard InChI is InChI=1S/C29H33FN4O3S/c1-20-8-11-27(12-9-20)38(36,37)34-28-13-10-22(15-24(28)18-32-34)16-26(33(3)4)19-31-29(35)14-21(2)23-6-5-7-25(30)17-23/h5-13,15,17-18,21,26H,14,16,19H2,1-4H3,(H,31,35)/t21-,26+/m1/s1. The number of benzene rings is 3. The van der Waals surface area contributed by atoms with Crippen molar-refractivity contribution in [1.29, 1.82) is 0 Å². The summed E-state index contributed by atoms with van der Waals surface area (Å²) in [5.74, 6) is -0.497. The molecule has 1 aromatic heterocycles. The summed E-state index contributed by atoms with van der Waals surface area (Å²) in [4.78, 5) is 14.8. The molecule has 9 heteroatoms. The SMILES string of the molecule is Cc1ccc(S(=O)(=O)n2ncc3cc(C[C@@H](CNC(=O)C[C@@H](C)c4cccc(F)c4)N(C)C)ccc32)cc1. The lowest BCUT2D eigenvalue weighted by Crippen LogP contribution is -2.41. The molecule has 0 aliphatic carbocycles. The number of aromatic nitrogens is 2. The number of likely N-dealkylation sites (N-methyl/N-ethyl adjacent to an activating group) is 1. The van der Waals surface area contributed by atoms with Gasteiger partial charge in [-0.1, -0.05) is 42.8 Å². The van der Waals surface area contributed by atoms with Crippen LogP contribution < -0.4 is 5.32 Å². The predicted octanol–water partition coefficient (Wildman–Crippen LogP) is 4.50. The molecule has 0 bridgehead atoms. The number of halogens is 1. The van der Waals surface area contributed by atoms with Crippen LogP contribution in [0.25, 0.3) is 10.9 Å². The van der Waals surface area contributed by atoms with Gasteiger partial charge in [-0.3, -0.25) is 4.79 Å². The Balaban J connectivity index is 1.43. The van der Waals surface area contributed by atoms with Crippen LogP contribution in [0.4, 0.5) is 4.39 Å². The normalized spacial score (nSPS) is 13.5. The van der Waals surface area contributed by atoms with E-state index in [4.69, 9.17) is 0 Å². The number of carbonyl (C=O) groups excluding carboxylic acids is 1. The van der Waals surface area contributed by atoms with Crippen LogP contribution in [0.5, 0.6) is 0 Å². The lowest BCUT2D eigenvalue weighted by molar-refractivity contribution is -0.121. The van der Waals surface area contributed by atoms with E-state index in [1.165, 1.54) is 12.1 Å². The number of carbonyl (C=O) groups is 1. The fourth-order valence-electron chi connectivity index (χ4n) is 4.41. The average molecular weight is 537 g/mol. The predicted molar refractivity (Wildman–Crippen MR) is 147 cm³/mol. The minimum absolute atomic E-state index is 0.0206. The van der Waals surface area contributed by atoms with E-state index >= 15 is 0 Å². The molecular formula is C29H33FN4O3S. The van der Waals surface area contributed by atoms with Gasteiger partial charge < -0.3 is 10.2 Å². The van der Waals surface area contributed by atoms with Crippen molar-refractivity contribution >= 4 is 26.8 Å². The molecule has 1 amide bonds. The molecule has 38 heavy (non-hydrogen) atoms. The maximum atomic E-state index is 13.5. The third-order valence-corrected chi connectivity index (χ3v) is 8.41. The van der Waals surface area contributed by atoms with Crippen molar-refractivity contribution in [2.45, 2.75) is 43.5 Å². The molecule has 0 aliphatic rings. The highest BCUT2D eigenvalue weighted by Crippen LogP contribution is 2.23. The van der Waals surface area contributed by atoms with Gasteiger partial charge in [-0.05, 0) is 80.9 Å². The molecule has 0 radical (unpaired) electrons. The van der Waals surface area contributed by atoms with Crippen molar-refractivity contribution in [3.63, 3.8) is 0 Å². The summed E-state index contributed by atoms with van der Waals surface area (Å²) in [5, 5.41) is 7.91. The van der Waals surface area contributed by atoms with E-state index < -0.39 is 10.0 Å². The van der Waals surface area contributed by atoms with Gasteiger partial charge in [0.1, 0.15) is 5.82 Å². The summed E-state index contributed by atoms with van der Waals surface area (Å²) in [6.45, 7) is 4.26. The number of fused-ring (bicyclic) bond motifs is 1. The van der Waals surface area contributed by atoms with Crippen LogP contribution in [0.1, 0.15) is 36.0 Å². The number of hydrogen-bond acceptors (Lipinski definition) is 5. The Kier molecular flexibility index (Phi) is 8.28. The van der Waals surface area contributed by atoms with Crippen LogP contribution in [0, 0.1) is 12.7 Å². The first-order valence-electron chi connectivity index (χ1n) is 12.5. The molecule has 3 aromatic carbocycles. The van der Waals surface area contributed by atoms with Gasteiger partial charge in [0.05, 0.1) is 16.6 Å². The summed E-state index contributed by atoms with van der Waals surface area (Å²) in [5.41, 5.74) is 3.29. The fraction of sp³-hybridized carbons (Fsp3) is 0.310. The average Bonchev–Trinajstić information content (AvgIpc) is 3.31. The van der Waals surface area contributed by atoms with Gasteiger partial charge in [-0.25, -0.2) is 4.39 Å². The molecule has 0 saturated carbocycles. The van der Waals surface area contributed by atoms with E-state index in [1.807, 2.05) is 51.0 Å². The zero-order chi connectivity index (χ0) is 27.4. The minimum atomic E-state index is -3.81. The molecule has 1 N–H and O–H groups in total. The van der Waals surface area contributed by atoms with Gasteiger partial charge >= 0.3 is 0 Å². The summed E-state index contributed by atoms with van der Waals surface area (Å²) >= 11 is 0. The molecule has 0 spiro atoms. The summed E-state index contributed by atoms with van der Waals surface area (Å²) in [6, 6.07) is 18.7. The summed E-state index contributed by atoms with van der Waals surface area (Å²) < 4.78 is 40.9. The second kappa shape index (κ2) is 11.4. The van der Waals surface area contributed by atoms with Crippen molar-refractivity contribution in [1.82, 2.24) is 19.4 Å². The van der Waals surface area contributed by atoms with Crippen LogP contribution in [-0.2, 0) is 21.2 Å². The van der Waals surface area contributed by atoms with Crippen molar-refractivity contribution < 1.29 is 17.6 Å². The Morgan fingerprint density at radius 3 is 2.50 bits per heavy atom. The number of nitrogens with one attached hydrogen (secondary N) is 1. The molecule has 1 heterocycles. The van der Waals surface area contributed by atoms with Gasteiger partial charge in [0, 0.05) is 24.4 Å². The zero-order valence-corrected chi connectivity index (χ0v) is 22.9. The molecule has 4 aromatic rings. The van der Waals surface area contributed by atoms with E-state index in [0.717, 1.165) is 26.2 Å². The minimum Gasteiger partial charge on any atom is -0.355 e. The first kappa shape index (κ1) is 27.5. The van der Waals surface area contributed by atoms with Crippen LogP contribution in [0.3, 0.4) is 0 Å². The molecule has 0 fully saturated rings. The van der Waals surface area contributed by atoms with E-state index in [1.54, 1.807) is 42.6 Å². The van der Waals surface area contributed by atoms with Crippen LogP contribution in [-0.4, -0.2) is 55.1 Å². The second-order valence-electron chi connectivity index (χ2n) is 9.98. The van der Waals surface area contributed by atoms with Gasteiger partial charge in [-0.2, -0.15) is 17.6 Å². The first-order chi connectivity index (χ1) is 18.0. The first-order valence-corrected chi connectivity index (χ1v) is 14.0. The van der Waals surface area contributed by atoms with Crippen molar-refractivity contribution in [2.75, 3.05) is 20.6 Å². The number of rotatable bonds is 10. The van der Waals surface area contributed by atoms with Gasteiger partial charge in [-0.15, -0.1) is 0 Å².